The highest BCUT2D eigenvalue weighted by Crippen LogP contribution is 2.30. The number of esters is 1. The summed E-state index contributed by atoms with van der Waals surface area (Å²) < 4.78 is 10.1. The summed E-state index contributed by atoms with van der Waals surface area (Å²) in [7, 11) is 1.26. The average molecular weight is 484 g/mol. The molecule has 34 heavy (non-hydrogen) atoms. The summed E-state index contributed by atoms with van der Waals surface area (Å²) in [6.45, 7) is 1.17. The fourth-order valence-electron chi connectivity index (χ4n) is 3.67. The summed E-state index contributed by atoms with van der Waals surface area (Å²) in [4.78, 5) is 50.4. The summed E-state index contributed by atoms with van der Waals surface area (Å²) in [5.41, 5.74) is 1.38. The first-order valence-electron chi connectivity index (χ1n) is 10.6. The second-order valence-electron chi connectivity index (χ2n) is 7.72. The van der Waals surface area contributed by atoms with Gasteiger partial charge in [-0.2, -0.15) is 0 Å². The second-order valence-corrected chi connectivity index (χ2v) is 8.10. The van der Waals surface area contributed by atoms with Crippen LogP contribution in [-0.4, -0.2) is 50.1 Å². The molecule has 9 nitrogen and oxygen atoms in total. The molecule has 0 bridgehead atoms. The van der Waals surface area contributed by atoms with E-state index in [4.69, 9.17) is 16.3 Å². The van der Waals surface area contributed by atoms with Crippen LogP contribution in [-0.2, 0) is 19.1 Å². The van der Waals surface area contributed by atoms with Crippen molar-refractivity contribution in [1.29, 1.82) is 0 Å². The van der Waals surface area contributed by atoms with E-state index in [1.54, 1.807) is 24.3 Å². The minimum Gasteiger partial charge on any atom is -0.465 e. The molecule has 2 aliphatic rings. The van der Waals surface area contributed by atoms with Gasteiger partial charge in [0.15, 0.2) is 0 Å². The van der Waals surface area contributed by atoms with Crippen molar-refractivity contribution < 1.29 is 28.7 Å². The van der Waals surface area contributed by atoms with Crippen molar-refractivity contribution in [3.63, 3.8) is 0 Å². The molecule has 1 fully saturated rings. The molecule has 10 heteroatoms. The van der Waals surface area contributed by atoms with Gasteiger partial charge in [-0.05, 0) is 61.4 Å². The van der Waals surface area contributed by atoms with Gasteiger partial charge in [-0.15, -0.1) is 0 Å². The lowest BCUT2D eigenvalue weighted by molar-refractivity contribution is -0.120. The Morgan fingerprint density at radius 3 is 2.35 bits per heavy atom. The molecule has 3 amide bonds. The minimum atomic E-state index is -0.690. The van der Waals surface area contributed by atoms with Gasteiger partial charge in [0.25, 0.3) is 17.7 Å². The summed E-state index contributed by atoms with van der Waals surface area (Å²) in [6, 6.07) is 12.2. The summed E-state index contributed by atoms with van der Waals surface area (Å²) >= 11 is 6.16. The standard InChI is InChI=1S/C24H22ClN3O6/c1-33-24(32)15-6-10-17(11-7-15)28-22(30)19(25)20(23(28)31)27-16-8-4-14(5-9-16)21(29)26-13-18-3-2-12-34-18/h4-11,18,27H,2-3,12-13H2,1H3,(H,26,29). The fraction of sp³-hybridized carbons (Fsp3) is 0.250. The quantitative estimate of drug-likeness (QED) is 0.459. The van der Waals surface area contributed by atoms with Crippen LogP contribution >= 0.6 is 11.6 Å². The molecule has 1 saturated heterocycles. The third kappa shape index (κ3) is 4.80. The van der Waals surface area contributed by atoms with E-state index in [9.17, 15) is 19.2 Å². The molecule has 2 heterocycles. The molecule has 0 saturated carbocycles. The van der Waals surface area contributed by atoms with Crippen LogP contribution in [0.5, 0.6) is 0 Å². The number of benzene rings is 2. The van der Waals surface area contributed by atoms with E-state index in [1.165, 1.54) is 31.4 Å². The zero-order chi connectivity index (χ0) is 24.2. The van der Waals surface area contributed by atoms with E-state index in [2.05, 4.69) is 15.4 Å². The lowest BCUT2D eigenvalue weighted by Gasteiger charge is -2.15. The van der Waals surface area contributed by atoms with Gasteiger partial charge in [0, 0.05) is 24.4 Å². The highest BCUT2D eigenvalue weighted by Gasteiger charge is 2.39. The predicted molar refractivity (Wildman–Crippen MR) is 125 cm³/mol. The van der Waals surface area contributed by atoms with Crippen LogP contribution in [0.4, 0.5) is 11.4 Å². The Hall–Kier alpha value is -3.69. The van der Waals surface area contributed by atoms with Gasteiger partial charge in [-0.3, -0.25) is 14.4 Å². The highest BCUT2D eigenvalue weighted by molar-refractivity contribution is 6.53. The Kier molecular flexibility index (Phi) is 6.95. The van der Waals surface area contributed by atoms with Gasteiger partial charge in [0.1, 0.15) is 10.7 Å². The van der Waals surface area contributed by atoms with E-state index in [-0.39, 0.29) is 34.0 Å². The molecular formula is C24H22ClN3O6. The Balaban J connectivity index is 1.42. The number of hydrogen-bond donors (Lipinski definition) is 2. The van der Waals surface area contributed by atoms with Crippen LogP contribution in [0.3, 0.4) is 0 Å². The number of amides is 3. The third-order valence-corrected chi connectivity index (χ3v) is 5.86. The normalized spacial score (nSPS) is 17.8. The number of methoxy groups -OCH3 is 1. The largest absolute Gasteiger partial charge is 0.465 e. The zero-order valence-corrected chi connectivity index (χ0v) is 19.1. The van der Waals surface area contributed by atoms with E-state index < -0.39 is 17.8 Å². The van der Waals surface area contributed by atoms with E-state index in [0.29, 0.717) is 17.8 Å². The molecule has 0 spiro atoms. The molecule has 4 rings (SSSR count). The van der Waals surface area contributed by atoms with E-state index in [0.717, 1.165) is 24.3 Å². The van der Waals surface area contributed by atoms with Gasteiger partial charge in [-0.1, -0.05) is 11.6 Å². The Morgan fingerprint density at radius 1 is 1.06 bits per heavy atom. The van der Waals surface area contributed by atoms with Crippen molar-refractivity contribution in [2.75, 3.05) is 30.5 Å². The van der Waals surface area contributed by atoms with Gasteiger partial charge in [0.05, 0.1) is 24.5 Å². The maximum absolute atomic E-state index is 12.9. The van der Waals surface area contributed by atoms with Crippen LogP contribution < -0.4 is 15.5 Å². The molecule has 1 unspecified atom stereocenters. The SMILES string of the molecule is COC(=O)c1ccc(N2C(=O)C(Cl)=C(Nc3ccc(C(=O)NCC4CCCO4)cc3)C2=O)cc1. The molecule has 2 aliphatic heterocycles. The summed E-state index contributed by atoms with van der Waals surface area (Å²) in [5, 5.41) is 5.44. The molecule has 176 valence electrons. The number of nitrogens with one attached hydrogen (secondary N) is 2. The number of halogens is 1. The maximum atomic E-state index is 12.9. The molecule has 0 aliphatic carbocycles. The fourth-order valence-corrected chi connectivity index (χ4v) is 3.89. The molecule has 0 aromatic heterocycles. The number of ether oxygens (including phenoxy) is 2. The van der Waals surface area contributed by atoms with Crippen LogP contribution in [0.15, 0.2) is 59.3 Å². The highest BCUT2D eigenvalue weighted by atomic mass is 35.5. The molecule has 2 aromatic rings. The van der Waals surface area contributed by atoms with Gasteiger partial charge < -0.3 is 20.1 Å². The number of rotatable bonds is 7. The number of carbonyl (C=O) groups excluding carboxylic acids is 4. The number of nitrogens with zero attached hydrogens (tertiary/aromatic N) is 1. The molecule has 2 aromatic carbocycles. The van der Waals surface area contributed by atoms with Gasteiger partial charge in [-0.25, -0.2) is 9.69 Å². The third-order valence-electron chi connectivity index (χ3n) is 5.50. The Labute approximate surface area is 200 Å². The van der Waals surface area contributed by atoms with Crippen LogP contribution in [0, 0.1) is 0 Å². The van der Waals surface area contributed by atoms with Gasteiger partial charge >= 0.3 is 5.97 Å². The number of carbonyl (C=O) groups is 4. The van der Waals surface area contributed by atoms with Crippen LogP contribution in [0.1, 0.15) is 33.6 Å². The lowest BCUT2D eigenvalue weighted by Crippen LogP contribution is -2.32. The van der Waals surface area contributed by atoms with E-state index >= 15 is 0 Å². The second kappa shape index (κ2) is 10.1. The van der Waals surface area contributed by atoms with Crippen molar-refractivity contribution in [1.82, 2.24) is 5.32 Å². The Bertz CT molecular complexity index is 1150. The topological polar surface area (TPSA) is 114 Å². The predicted octanol–water partition coefficient (Wildman–Crippen LogP) is 2.82. The smallest absolute Gasteiger partial charge is 0.337 e. The molecular weight excluding hydrogens is 462 g/mol. The van der Waals surface area contributed by atoms with Crippen LogP contribution in [0.2, 0.25) is 0 Å². The van der Waals surface area contributed by atoms with Crippen molar-refractivity contribution in [2.24, 2.45) is 0 Å². The van der Waals surface area contributed by atoms with Gasteiger partial charge in [0.2, 0.25) is 0 Å². The number of imide groups is 1. The van der Waals surface area contributed by atoms with Crippen molar-refractivity contribution in [3.8, 4) is 0 Å². The van der Waals surface area contributed by atoms with E-state index in [1.807, 2.05) is 0 Å². The first-order valence-corrected chi connectivity index (χ1v) is 11.0. The lowest BCUT2D eigenvalue weighted by atomic mass is 10.1. The van der Waals surface area contributed by atoms with Crippen molar-refractivity contribution in [2.45, 2.75) is 18.9 Å². The summed E-state index contributed by atoms with van der Waals surface area (Å²) in [5.74, 6) is -2.09. The van der Waals surface area contributed by atoms with Crippen LogP contribution in [0.25, 0.3) is 0 Å². The number of hydrogen-bond acceptors (Lipinski definition) is 7. The van der Waals surface area contributed by atoms with Crippen molar-refractivity contribution in [3.05, 3.63) is 70.4 Å². The maximum Gasteiger partial charge on any atom is 0.337 e. The molecule has 2 N–H and O–H groups in total. The van der Waals surface area contributed by atoms with Crippen molar-refractivity contribution >= 4 is 46.7 Å². The molecule has 0 radical (unpaired) electrons. The zero-order valence-electron chi connectivity index (χ0n) is 18.3. The first-order chi connectivity index (χ1) is 16.4. The minimum absolute atomic E-state index is 0.0458. The molecule has 1 atom stereocenters. The monoisotopic (exact) mass is 483 g/mol. The summed E-state index contributed by atoms with van der Waals surface area (Å²) in [6.07, 6.45) is 1.97. The number of anilines is 2. The first kappa shape index (κ1) is 23.5. The average Bonchev–Trinajstić information content (AvgIpc) is 3.45. The Morgan fingerprint density at radius 2 is 1.74 bits per heavy atom.